The van der Waals surface area contributed by atoms with E-state index in [1.807, 2.05) is 0 Å². The first-order valence-electron chi connectivity index (χ1n) is 3.79. The summed E-state index contributed by atoms with van der Waals surface area (Å²) in [6.45, 7) is 1.38. The average Bonchev–Trinajstić information content (AvgIpc) is 2.52. The molecule has 0 saturated carbocycles. The predicted octanol–water partition coefficient (Wildman–Crippen LogP) is 0.824. The number of rotatable bonds is 4. The van der Waals surface area contributed by atoms with Gasteiger partial charge in [-0.1, -0.05) is 6.07 Å². The standard InChI is InChI=1S/C8H14N2S/c9-5-7(6-10)4-8-2-1-3-11-8/h1-3,7H,4-6,9-10H2. The smallest absolute Gasteiger partial charge is 0.00489 e. The van der Waals surface area contributed by atoms with Crippen molar-refractivity contribution in [1.82, 2.24) is 0 Å². The molecule has 1 aromatic heterocycles. The molecule has 0 aliphatic carbocycles. The summed E-state index contributed by atoms with van der Waals surface area (Å²) < 4.78 is 0. The van der Waals surface area contributed by atoms with Crippen LogP contribution in [0.25, 0.3) is 0 Å². The first-order valence-corrected chi connectivity index (χ1v) is 4.67. The third-order valence-corrected chi connectivity index (χ3v) is 2.64. The van der Waals surface area contributed by atoms with Crippen LogP contribution in [0.15, 0.2) is 17.5 Å². The SMILES string of the molecule is NCC(CN)Cc1cccs1. The van der Waals surface area contributed by atoms with Crippen LogP contribution < -0.4 is 11.5 Å². The highest BCUT2D eigenvalue weighted by Gasteiger charge is 2.05. The highest BCUT2D eigenvalue weighted by Crippen LogP contribution is 2.12. The van der Waals surface area contributed by atoms with Crippen molar-refractivity contribution in [1.29, 1.82) is 0 Å². The van der Waals surface area contributed by atoms with Gasteiger partial charge in [0, 0.05) is 4.88 Å². The van der Waals surface area contributed by atoms with Gasteiger partial charge in [0.1, 0.15) is 0 Å². The van der Waals surface area contributed by atoms with E-state index < -0.39 is 0 Å². The van der Waals surface area contributed by atoms with Gasteiger partial charge >= 0.3 is 0 Å². The Labute approximate surface area is 71.2 Å². The second-order valence-electron chi connectivity index (χ2n) is 2.62. The molecule has 0 aliphatic rings. The van der Waals surface area contributed by atoms with Gasteiger partial charge in [0.25, 0.3) is 0 Å². The first-order chi connectivity index (χ1) is 5.36. The van der Waals surface area contributed by atoms with Crippen LogP contribution in [-0.4, -0.2) is 13.1 Å². The lowest BCUT2D eigenvalue weighted by atomic mass is 10.1. The molecule has 4 N–H and O–H groups in total. The fourth-order valence-corrected chi connectivity index (χ4v) is 1.80. The maximum atomic E-state index is 5.52. The minimum Gasteiger partial charge on any atom is -0.330 e. The van der Waals surface area contributed by atoms with Crippen LogP contribution in [0, 0.1) is 5.92 Å². The molecule has 0 amide bonds. The van der Waals surface area contributed by atoms with E-state index in [0.29, 0.717) is 19.0 Å². The summed E-state index contributed by atoms with van der Waals surface area (Å²) in [4.78, 5) is 1.38. The zero-order valence-electron chi connectivity index (χ0n) is 6.49. The lowest BCUT2D eigenvalue weighted by molar-refractivity contribution is 0.552. The summed E-state index contributed by atoms with van der Waals surface area (Å²) in [6.07, 6.45) is 1.03. The molecule has 0 atom stereocenters. The van der Waals surface area contributed by atoms with Gasteiger partial charge in [-0.15, -0.1) is 11.3 Å². The van der Waals surface area contributed by atoms with Crippen LogP contribution >= 0.6 is 11.3 Å². The second-order valence-corrected chi connectivity index (χ2v) is 3.65. The van der Waals surface area contributed by atoms with Gasteiger partial charge in [-0.2, -0.15) is 0 Å². The van der Waals surface area contributed by atoms with Crippen molar-refractivity contribution < 1.29 is 0 Å². The van der Waals surface area contributed by atoms with Crippen molar-refractivity contribution in [3.8, 4) is 0 Å². The van der Waals surface area contributed by atoms with Crippen molar-refractivity contribution in [3.63, 3.8) is 0 Å². The lowest BCUT2D eigenvalue weighted by Gasteiger charge is -2.09. The molecule has 0 unspecified atom stereocenters. The summed E-state index contributed by atoms with van der Waals surface area (Å²) in [5, 5.41) is 2.08. The Balaban J connectivity index is 2.41. The second kappa shape index (κ2) is 4.49. The number of nitrogens with two attached hydrogens (primary N) is 2. The summed E-state index contributed by atoms with van der Waals surface area (Å²) in [5.74, 6) is 0.452. The molecule has 0 bridgehead atoms. The molecule has 0 aromatic carbocycles. The molecular weight excluding hydrogens is 156 g/mol. The van der Waals surface area contributed by atoms with Gasteiger partial charge in [0.15, 0.2) is 0 Å². The fourth-order valence-electron chi connectivity index (χ4n) is 0.976. The Morgan fingerprint density at radius 2 is 2.09 bits per heavy atom. The number of hydrogen-bond donors (Lipinski definition) is 2. The average molecular weight is 170 g/mol. The third kappa shape index (κ3) is 2.61. The molecule has 1 heterocycles. The van der Waals surface area contributed by atoms with Gasteiger partial charge in [0.2, 0.25) is 0 Å². The van der Waals surface area contributed by atoms with E-state index in [1.165, 1.54) is 4.88 Å². The Bertz CT molecular complexity index is 180. The Morgan fingerprint density at radius 1 is 1.36 bits per heavy atom. The van der Waals surface area contributed by atoms with E-state index in [9.17, 15) is 0 Å². The van der Waals surface area contributed by atoms with Gasteiger partial charge in [-0.05, 0) is 36.9 Å². The molecule has 1 rings (SSSR count). The zero-order chi connectivity index (χ0) is 8.10. The van der Waals surface area contributed by atoms with Crippen molar-refractivity contribution in [3.05, 3.63) is 22.4 Å². The topological polar surface area (TPSA) is 52.0 Å². The number of hydrogen-bond acceptors (Lipinski definition) is 3. The monoisotopic (exact) mass is 170 g/mol. The normalized spacial score (nSPS) is 10.8. The predicted molar refractivity (Wildman–Crippen MR) is 49.6 cm³/mol. The molecule has 0 spiro atoms. The molecule has 1 aromatic rings. The van der Waals surface area contributed by atoms with Crippen LogP contribution in [0.5, 0.6) is 0 Å². The molecule has 3 heteroatoms. The Hall–Kier alpha value is -0.380. The van der Waals surface area contributed by atoms with Gasteiger partial charge in [-0.3, -0.25) is 0 Å². The summed E-state index contributed by atoms with van der Waals surface area (Å²) in [6, 6.07) is 4.19. The van der Waals surface area contributed by atoms with Crippen molar-refractivity contribution >= 4 is 11.3 Å². The van der Waals surface area contributed by atoms with Crippen molar-refractivity contribution in [2.45, 2.75) is 6.42 Å². The zero-order valence-corrected chi connectivity index (χ0v) is 7.31. The van der Waals surface area contributed by atoms with E-state index >= 15 is 0 Å². The first kappa shape index (κ1) is 8.71. The summed E-state index contributed by atoms with van der Waals surface area (Å²) >= 11 is 1.77. The molecule has 2 nitrogen and oxygen atoms in total. The third-order valence-electron chi connectivity index (χ3n) is 1.74. The van der Waals surface area contributed by atoms with E-state index in [0.717, 1.165) is 6.42 Å². The van der Waals surface area contributed by atoms with E-state index in [-0.39, 0.29) is 0 Å². The fraction of sp³-hybridized carbons (Fsp3) is 0.500. The molecule has 62 valence electrons. The quantitative estimate of drug-likeness (QED) is 0.703. The van der Waals surface area contributed by atoms with Crippen molar-refractivity contribution in [2.75, 3.05) is 13.1 Å². The van der Waals surface area contributed by atoms with E-state index in [1.54, 1.807) is 11.3 Å². The molecule has 0 radical (unpaired) electrons. The van der Waals surface area contributed by atoms with E-state index in [2.05, 4.69) is 17.5 Å². The van der Waals surface area contributed by atoms with Gasteiger partial charge in [-0.25, -0.2) is 0 Å². The number of thiophene rings is 1. The van der Waals surface area contributed by atoms with Gasteiger partial charge < -0.3 is 11.5 Å². The Kier molecular flexibility index (Phi) is 3.56. The maximum absolute atomic E-state index is 5.52. The summed E-state index contributed by atoms with van der Waals surface area (Å²) in [5.41, 5.74) is 11.0. The minimum absolute atomic E-state index is 0.452. The summed E-state index contributed by atoms with van der Waals surface area (Å²) in [7, 11) is 0. The molecule has 0 fully saturated rings. The van der Waals surface area contributed by atoms with Crippen LogP contribution in [0.2, 0.25) is 0 Å². The van der Waals surface area contributed by atoms with E-state index in [4.69, 9.17) is 11.5 Å². The van der Waals surface area contributed by atoms with Crippen LogP contribution in [0.3, 0.4) is 0 Å². The molecule has 0 aliphatic heterocycles. The Morgan fingerprint density at radius 3 is 2.55 bits per heavy atom. The highest BCUT2D eigenvalue weighted by molar-refractivity contribution is 7.09. The largest absolute Gasteiger partial charge is 0.330 e. The van der Waals surface area contributed by atoms with Crippen LogP contribution in [-0.2, 0) is 6.42 Å². The lowest BCUT2D eigenvalue weighted by Crippen LogP contribution is -2.24. The maximum Gasteiger partial charge on any atom is 0.00489 e. The minimum atomic E-state index is 0.452. The van der Waals surface area contributed by atoms with Crippen molar-refractivity contribution in [2.24, 2.45) is 17.4 Å². The molecular formula is C8H14N2S. The molecule has 11 heavy (non-hydrogen) atoms. The van der Waals surface area contributed by atoms with Crippen LogP contribution in [0.1, 0.15) is 4.88 Å². The highest BCUT2D eigenvalue weighted by atomic mass is 32.1. The van der Waals surface area contributed by atoms with Gasteiger partial charge in [0.05, 0.1) is 0 Å². The van der Waals surface area contributed by atoms with Crippen LogP contribution in [0.4, 0.5) is 0 Å². The molecule has 0 saturated heterocycles.